The van der Waals surface area contributed by atoms with Gasteiger partial charge in [0.2, 0.25) is 0 Å². The highest BCUT2D eigenvalue weighted by Gasteiger charge is 2.14. The second kappa shape index (κ2) is 5.10. The van der Waals surface area contributed by atoms with Gasteiger partial charge in [0.05, 0.1) is 0 Å². The number of H-pyrrole nitrogens is 1. The van der Waals surface area contributed by atoms with Crippen molar-refractivity contribution in [1.82, 2.24) is 15.2 Å². The number of nitrogens with one attached hydrogen (secondary N) is 1. The molecule has 0 saturated heterocycles. The van der Waals surface area contributed by atoms with Crippen LogP contribution in [0.1, 0.15) is 11.4 Å². The van der Waals surface area contributed by atoms with Crippen LogP contribution >= 0.6 is 11.6 Å². The molecule has 0 aliphatic rings. The number of pyridine rings is 1. The Morgan fingerprint density at radius 1 is 1.05 bits per heavy atom. The molecule has 0 aliphatic heterocycles. The number of aromatic amines is 1. The first-order valence-electron chi connectivity index (χ1n) is 6.39. The van der Waals surface area contributed by atoms with E-state index in [0.29, 0.717) is 5.02 Å². The van der Waals surface area contributed by atoms with E-state index in [1.807, 2.05) is 50.4 Å². The van der Waals surface area contributed by atoms with E-state index in [4.69, 9.17) is 11.6 Å². The molecule has 4 heteroatoms. The van der Waals surface area contributed by atoms with E-state index in [-0.39, 0.29) is 0 Å². The van der Waals surface area contributed by atoms with Crippen LogP contribution in [0.4, 0.5) is 0 Å². The summed E-state index contributed by atoms with van der Waals surface area (Å²) in [5.74, 6) is 0. The minimum Gasteiger partial charge on any atom is -0.282 e. The van der Waals surface area contributed by atoms with E-state index in [0.717, 1.165) is 33.8 Å². The van der Waals surface area contributed by atoms with Gasteiger partial charge in [0.25, 0.3) is 0 Å². The van der Waals surface area contributed by atoms with Gasteiger partial charge in [-0.1, -0.05) is 23.7 Å². The Labute approximate surface area is 122 Å². The van der Waals surface area contributed by atoms with Crippen molar-refractivity contribution < 1.29 is 0 Å². The lowest BCUT2D eigenvalue weighted by molar-refractivity contribution is 1.05. The van der Waals surface area contributed by atoms with Crippen molar-refractivity contribution in [3.8, 4) is 22.4 Å². The first-order chi connectivity index (χ1) is 9.65. The van der Waals surface area contributed by atoms with Crippen molar-refractivity contribution in [1.29, 1.82) is 0 Å². The molecule has 20 heavy (non-hydrogen) atoms. The molecule has 3 nitrogen and oxygen atoms in total. The highest BCUT2D eigenvalue weighted by Crippen LogP contribution is 2.33. The van der Waals surface area contributed by atoms with Gasteiger partial charge < -0.3 is 0 Å². The van der Waals surface area contributed by atoms with Crippen LogP contribution in [0.3, 0.4) is 0 Å². The summed E-state index contributed by atoms with van der Waals surface area (Å²) in [4.78, 5) is 4.24. The van der Waals surface area contributed by atoms with Crippen LogP contribution in [-0.2, 0) is 0 Å². The molecule has 3 rings (SSSR count). The second-order valence-corrected chi connectivity index (χ2v) is 5.20. The number of benzene rings is 1. The molecular formula is C16H14ClN3. The molecule has 1 aromatic carbocycles. The fourth-order valence-electron chi connectivity index (χ4n) is 2.33. The van der Waals surface area contributed by atoms with Gasteiger partial charge in [-0.2, -0.15) is 5.10 Å². The van der Waals surface area contributed by atoms with Crippen LogP contribution < -0.4 is 0 Å². The van der Waals surface area contributed by atoms with E-state index in [1.54, 1.807) is 0 Å². The number of halogens is 1. The molecule has 0 unspecified atom stereocenters. The number of aryl methyl sites for hydroxylation is 2. The number of nitrogens with zero attached hydrogens (tertiary/aromatic N) is 2. The van der Waals surface area contributed by atoms with Crippen molar-refractivity contribution in [3.63, 3.8) is 0 Å². The molecule has 2 aromatic heterocycles. The summed E-state index contributed by atoms with van der Waals surface area (Å²) in [5, 5.41) is 8.20. The summed E-state index contributed by atoms with van der Waals surface area (Å²) in [6, 6.07) is 11.8. The van der Waals surface area contributed by atoms with E-state index >= 15 is 0 Å². The average molecular weight is 284 g/mol. The predicted molar refractivity (Wildman–Crippen MR) is 81.7 cm³/mol. The monoisotopic (exact) mass is 283 g/mol. The van der Waals surface area contributed by atoms with Crippen molar-refractivity contribution in [2.75, 3.05) is 0 Å². The van der Waals surface area contributed by atoms with Crippen LogP contribution in [0.5, 0.6) is 0 Å². The smallest absolute Gasteiger partial charge is 0.100 e. The van der Waals surface area contributed by atoms with Crippen molar-refractivity contribution in [2.24, 2.45) is 0 Å². The zero-order valence-electron chi connectivity index (χ0n) is 11.3. The number of hydrogen-bond donors (Lipinski definition) is 1. The Balaban J connectivity index is 2.20. The molecule has 0 spiro atoms. The molecule has 0 bridgehead atoms. The highest BCUT2D eigenvalue weighted by molar-refractivity contribution is 6.30. The molecule has 0 amide bonds. The van der Waals surface area contributed by atoms with Crippen LogP contribution in [0, 0.1) is 13.8 Å². The van der Waals surface area contributed by atoms with Crippen LogP contribution in [0.2, 0.25) is 5.02 Å². The Hall–Kier alpha value is -2.13. The van der Waals surface area contributed by atoms with Gasteiger partial charge >= 0.3 is 0 Å². The molecule has 0 saturated carbocycles. The minimum atomic E-state index is 0.708. The second-order valence-electron chi connectivity index (χ2n) is 4.77. The Morgan fingerprint density at radius 3 is 2.65 bits per heavy atom. The van der Waals surface area contributed by atoms with E-state index in [9.17, 15) is 0 Å². The molecule has 3 aromatic rings. The van der Waals surface area contributed by atoms with Gasteiger partial charge in [0.15, 0.2) is 0 Å². The SMILES string of the molecule is Cc1cc(-c2c(-c3cccc(Cl)c3)n[nH]c2C)ccn1. The van der Waals surface area contributed by atoms with E-state index in [2.05, 4.69) is 21.2 Å². The van der Waals surface area contributed by atoms with Gasteiger partial charge in [-0.05, 0) is 43.7 Å². The van der Waals surface area contributed by atoms with Gasteiger partial charge in [-0.25, -0.2) is 0 Å². The number of rotatable bonds is 2. The molecule has 0 radical (unpaired) electrons. The number of hydrogen-bond acceptors (Lipinski definition) is 2. The average Bonchev–Trinajstić information content (AvgIpc) is 2.80. The molecule has 1 N–H and O–H groups in total. The lowest BCUT2D eigenvalue weighted by atomic mass is 9.99. The quantitative estimate of drug-likeness (QED) is 0.757. The van der Waals surface area contributed by atoms with Crippen LogP contribution in [-0.4, -0.2) is 15.2 Å². The third-order valence-corrected chi connectivity index (χ3v) is 3.47. The fraction of sp³-hybridized carbons (Fsp3) is 0.125. The zero-order valence-corrected chi connectivity index (χ0v) is 12.1. The van der Waals surface area contributed by atoms with Crippen LogP contribution in [0.15, 0.2) is 42.6 Å². The summed E-state index contributed by atoms with van der Waals surface area (Å²) in [5.41, 5.74) is 6.14. The lowest BCUT2D eigenvalue weighted by Gasteiger charge is -2.05. The Bertz CT molecular complexity index is 762. The van der Waals surface area contributed by atoms with Crippen molar-refractivity contribution in [2.45, 2.75) is 13.8 Å². The maximum absolute atomic E-state index is 6.08. The molecule has 100 valence electrons. The third kappa shape index (κ3) is 2.32. The Morgan fingerprint density at radius 2 is 1.90 bits per heavy atom. The van der Waals surface area contributed by atoms with Crippen LogP contribution in [0.25, 0.3) is 22.4 Å². The molecular weight excluding hydrogens is 270 g/mol. The summed E-state index contributed by atoms with van der Waals surface area (Å²) in [7, 11) is 0. The summed E-state index contributed by atoms with van der Waals surface area (Å²) in [6.07, 6.45) is 1.82. The molecule has 0 atom stereocenters. The summed E-state index contributed by atoms with van der Waals surface area (Å²) >= 11 is 6.08. The fourth-order valence-corrected chi connectivity index (χ4v) is 2.52. The molecule has 2 heterocycles. The minimum absolute atomic E-state index is 0.708. The largest absolute Gasteiger partial charge is 0.282 e. The van der Waals surface area contributed by atoms with Crippen molar-refractivity contribution in [3.05, 3.63) is 59.0 Å². The Kier molecular flexibility index (Phi) is 3.28. The third-order valence-electron chi connectivity index (χ3n) is 3.23. The molecule has 0 aliphatic carbocycles. The van der Waals surface area contributed by atoms with Gasteiger partial charge in [0, 0.05) is 33.7 Å². The van der Waals surface area contributed by atoms with Gasteiger partial charge in [0.1, 0.15) is 5.69 Å². The van der Waals surface area contributed by atoms with E-state index in [1.165, 1.54) is 0 Å². The zero-order chi connectivity index (χ0) is 14.1. The van der Waals surface area contributed by atoms with E-state index < -0.39 is 0 Å². The lowest BCUT2D eigenvalue weighted by Crippen LogP contribution is -1.87. The molecule has 0 fully saturated rings. The first kappa shape index (κ1) is 12.9. The highest BCUT2D eigenvalue weighted by atomic mass is 35.5. The topological polar surface area (TPSA) is 41.6 Å². The van der Waals surface area contributed by atoms with Gasteiger partial charge in [-0.3, -0.25) is 10.1 Å². The number of aromatic nitrogens is 3. The predicted octanol–water partition coefficient (Wildman–Crippen LogP) is 4.41. The normalized spacial score (nSPS) is 10.8. The van der Waals surface area contributed by atoms with Crippen molar-refractivity contribution >= 4 is 11.6 Å². The van der Waals surface area contributed by atoms with Gasteiger partial charge in [-0.15, -0.1) is 0 Å². The summed E-state index contributed by atoms with van der Waals surface area (Å²) in [6.45, 7) is 4.00. The summed E-state index contributed by atoms with van der Waals surface area (Å²) < 4.78 is 0. The standard InChI is InChI=1S/C16H14ClN3/c1-10-8-12(6-7-18-10)15-11(2)19-20-16(15)13-4-3-5-14(17)9-13/h3-9H,1-2H3,(H,19,20). The first-order valence-corrected chi connectivity index (χ1v) is 6.77. The maximum Gasteiger partial charge on any atom is 0.100 e. The maximum atomic E-state index is 6.08.